The molecule has 1 aliphatic heterocycles. The number of carboxylic acid groups (broad SMARTS) is 1. The topological polar surface area (TPSA) is 59.0 Å². The average Bonchev–Trinajstić information content (AvgIpc) is 2.95. The number of nitrogens with zero attached hydrogens (tertiary/aromatic N) is 1. The molecule has 1 amide bonds. The van der Waals surface area contributed by atoms with Gasteiger partial charge in [0.2, 0.25) is 0 Å². The van der Waals surface area contributed by atoms with E-state index in [0.29, 0.717) is 32.7 Å². The van der Waals surface area contributed by atoms with E-state index in [1.54, 1.807) is 0 Å². The van der Waals surface area contributed by atoms with Gasteiger partial charge in [0.15, 0.2) is 0 Å². The van der Waals surface area contributed by atoms with Gasteiger partial charge in [0.1, 0.15) is 12.4 Å². The standard InChI is InChI=1S/C32H31NO4/c34-32(35)33-19-18-30(31(22-33)37-23-25-12-13-26-10-4-5-11-28(26)21-25)27-14-16-29(17-15-27)36-20-6-9-24-7-2-1-3-8-24/h1-17,21,30-31H,18-20,22-23H2,(H,34,35)/b9-6+. The van der Waals surface area contributed by atoms with E-state index in [1.165, 1.54) is 15.7 Å². The number of likely N-dealkylation sites (tertiary alicyclic amines) is 1. The van der Waals surface area contributed by atoms with Crippen molar-refractivity contribution in [1.29, 1.82) is 0 Å². The second-order valence-corrected chi connectivity index (χ2v) is 9.35. The van der Waals surface area contributed by atoms with Gasteiger partial charge in [-0.2, -0.15) is 0 Å². The maximum absolute atomic E-state index is 11.7. The van der Waals surface area contributed by atoms with E-state index in [2.05, 4.69) is 54.6 Å². The number of hydrogen-bond acceptors (Lipinski definition) is 3. The van der Waals surface area contributed by atoms with Gasteiger partial charge >= 0.3 is 6.09 Å². The van der Waals surface area contributed by atoms with Crippen LogP contribution in [-0.4, -0.2) is 41.9 Å². The maximum Gasteiger partial charge on any atom is 0.407 e. The van der Waals surface area contributed by atoms with Gasteiger partial charge in [0, 0.05) is 12.5 Å². The second kappa shape index (κ2) is 11.8. The molecule has 1 saturated heterocycles. The molecule has 4 aromatic carbocycles. The Bertz CT molecular complexity index is 1350. The zero-order chi connectivity index (χ0) is 25.5. The highest BCUT2D eigenvalue weighted by molar-refractivity contribution is 5.82. The van der Waals surface area contributed by atoms with Gasteiger partial charge < -0.3 is 19.5 Å². The number of fused-ring (bicyclic) bond motifs is 1. The van der Waals surface area contributed by atoms with Crippen molar-refractivity contribution in [1.82, 2.24) is 4.90 Å². The molecule has 4 aromatic rings. The summed E-state index contributed by atoms with van der Waals surface area (Å²) >= 11 is 0. The summed E-state index contributed by atoms with van der Waals surface area (Å²) in [5.74, 6) is 0.918. The Kier molecular flexibility index (Phi) is 7.82. The predicted molar refractivity (Wildman–Crippen MR) is 147 cm³/mol. The number of ether oxygens (including phenoxy) is 2. The monoisotopic (exact) mass is 493 g/mol. The number of amides is 1. The van der Waals surface area contributed by atoms with Gasteiger partial charge in [0.25, 0.3) is 0 Å². The van der Waals surface area contributed by atoms with E-state index in [9.17, 15) is 9.90 Å². The van der Waals surface area contributed by atoms with Crippen LogP contribution in [-0.2, 0) is 11.3 Å². The van der Waals surface area contributed by atoms with Gasteiger partial charge in [-0.1, -0.05) is 84.9 Å². The molecule has 2 atom stereocenters. The third kappa shape index (κ3) is 6.38. The molecule has 0 spiro atoms. The lowest BCUT2D eigenvalue weighted by Gasteiger charge is -2.37. The van der Waals surface area contributed by atoms with Gasteiger partial charge in [-0.3, -0.25) is 0 Å². The van der Waals surface area contributed by atoms with E-state index in [-0.39, 0.29) is 12.0 Å². The van der Waals surface area contributed by atoms with Crippen molar-refractivity contribution in [3.05, 3.63) is 120 Å². The van der Waals surface area contributed by atoms with Crippen LogP contribution in [0.15, 0.2) is 103 Å². The van der Waals surface area contributed by atoms with Crippen molar-refractivity contribution in [2.24, 2.45) is 0 Å². The van der Waals surface area contributed by atoms with Gasteiger partial charge in [0.05, 0.1) is 19.3 Å². The fraction of sp³-hybridized carbons (Fsp3) is 0.219. The molecule has 5 rings (SSSR count). The first-order valence-corrected chi connectivity index (χ1v) is 12.7. The highest BCUT2D eigenvalue weighted by Gasteiger charge is 2.33. The minimum atomic E-state index is -0.898. The summed E-state index contributed by atoms with van der Waals surface area (Å²) < 4.78 is 12.3. The number of carbonyl (C=O) groups is 1. The van der Waals surface area contributed by atoms with E-state index in [1.807, 2.05) is 54.6 Å². The molecule has 1 fully saturated rings. The van der Waals surface area contributed by atoms with Crippen LogP contribution in [0.25, 0.3) is 16.8 Å². The molecule has 37 heavy (non-hydrogen) atoms. The normalized spacial score (nSPS) is 17.8. The fourth-order valence-electron chi connectivity index (χ4n) is 4.88. The third-order valence-corrected chi connectivity index (χ3v) is 6.87. The molecule has 2 unspecified atom stereocenters. The summed E-state index contributed by atoms with van der Waals surface area (Å²) in [6.45, 7) is 1.78. The molecular formula is C32H31NO4. The fourth-order valence-corrected chi connectivity index (χ4v) is 4.88. The summed E-state index contributed by atoms with van der Waals surface area (Å²) in [7, 11) is 0. The van der Waals surface area contributed by atoms with Crippen LogP contribution in [0.1, 0.15) is 29.0 Å². The minimum Gasteiger partial charge on any atom is -0.490 e. The molecule has 1 N–H and O–H groups in total. The van der Waals surface area contributed by atoms with Gasteiger partial charge in [-0.15, -0.1) is 0 Å². The van der Waals surface area contributed by atoms with Crippen LogP contribution in [0.3, 0.4) is 0 Å². The van der Waals surface area contributed by atoms with Gasteiger partial charge in [-0.25, -0.2) is 4.79 Å². The zero-order valence-corrected chi connectivity index (χ0v) is 20.7. The zero-order valence-electron chi connectivity index (χ0n) is 20.7. The first-order valence-electron chi connectivity index (χ1n) is 12.7. The third-order valence-electron chi connectivity index (χ3n) is 6.87. The molecule has 0 radical (unpaired) electrons. The molecule has 1 heterocycles. The molecule has 0 aliphatic carbocycles. The predicted octanol–water partition coefficient (Wildman–Crippen LogP) is 6.98. The van der Waals surface area contributed by atoms with Crippen molar-refractivity contribution in [2.45, 2.75) is 25.0 Å². The van der Waals surface area contributed by atoms with Crippen LogP contribution in [0.4, 0.5) is 4.79 Å². The first kappa shape index (κ1) is 24.6. The van der Waals surface area contributed by atoms with Crippen molar-refractivity contribution in [3.8, 4) is 5.75 Å². The van der Waals surface area contributed by atoms with Crippen molar-refractivity contribution >= 4 is 22.9 Å². The first-order chi connectivity index (χ1) is 18.2. The number of hydrogen-bond donors (Lipinski definition) is 1. The van der Waals surface area contributed by atoms with Crippen molar-refractivity contribution < 1.29 is 19.4 Å². The Labute approximate surface area is 217 Å². The van der Waals surface area contributed by atoms with Crippen LogP contribution in [0.2, 0.25) is 0 Å². The minimum absolute atomic E-state index is 0.114. The van der Waals surface area contributed by atoms with Crippen LogP contribution >= 0.6 is 0 Å². The van der Waals surface area contributed by atoms with E-state index >= 15 is 0 Å². The molecule has 0 bridgehead atoms. The molecule has 0 aromatic heterocycles. The molecular weight excluding hydrogens is 462 g/mol. The molecule has 1 aliphatic rings. The lowest BCUT2D eigenvalue weighted by atomic mass is 9.87. The quantitative estimate of drug-likeness (QED) is 0.288. The smallest absolute Gasteiger partial charge is 0.407 e. The number of piperidine rings is 1. The summed E-state index contributed by atoms with van der Waals surface area (Å²) in [6.07, 6.45) is 3.64. The van der Waals surface area contributed by atoms with Crippen LogP contribution in [0.5, 0.6) is 5.75 Å². The molecule has 5 nitrogen and oxygen atoms in total. The highest BCUT2D eigenvalue weighted by atomic mass is 16.5. The van der Waals surface area contributed by atoms with Crippen LogP contribution < -0.4 is 4.74 Å². The molecule has 0 saturated carbocycles. The maximum atomic E-state index is 11.7. The van der Waals surface area contributed by atoms with E-state index < -0.39 is 6.09 Å². The highest BCUT2D eigenvalue weighted by Crippen LogP contribution is 2.32. The van der Waals surface area contributed by atoms with E-state index in [0.717, 1.165) is 22.4 Å². The summed E-state index contributed by atoms with van der Waals surface area (Å²) in [6, 6.07) is 32.8. The Balaban J connectivity index is 1.23. The van der Waals surface area contributed by atoms with Gasteiger partial charge in [-0.05, 0) is 58.2 Å². The Hall–Kier alpha value is -4.09. The molecule has 188 valence electrons. The average molecular weight is 494 g/mol. The van der Waals surface area contributed by atoms with Crippen LogP contribution in [0, 0.1) is 0 Å². The SMILES string of the molecule is O=C(O)N1CCC(c2ccc(OC/C=C/c3ccccc3)cc2)C(OCc2ccc3ccccc3c2)C1. The van der Waals surface area contributed by atoms with E-state index in [4.69, 9.17) is 9.47 Å². The largest absolute Gasteiger partial charge is 0.490 e. The number of rotatable bonds is 8. The Morgan fingerprint density at radius 2 is 1.68 bits per heavy atom. The summed E-state index contributed by atoms with van der Waals surface area (Å²) in [5.41, 5.74) is 3.36. The van der Waals surface area contributed by atoms with Crippen molar-refractivity contribution in [2.75, 3.05) is 19.7 Å². The lowest BCUT2D eigenvalue weighted by molar-refractivity contribution is -0.0199. The van der Waals surface area contributed by atoms with Crippen molar-refractivity contribution in [3.63, 3.8) is 0 Å². The Morgan fingerprint density at radius 1 is 0.919 bits per heavy atom. The Morgan fingerprint density at radius 3 is 2.46 bits per heavy atom. The number of benzene rings is 4. The second-order valence-electron chi connectivity index (χ2n) is 9.35. The lowest BCUT2D eigenvalue weighted by Crippen LogP contribution is -2.46. The summed E-state index contributed by atoms with van der Waals surface area (Å²) in [4.78, 5) is 13.1. The summed E-state index contributed by atoms with van der Waals surface area (Å²) in [5, 5.41) is 11.9. The molecule has 5 heteroatoms.